The van der Waals surface area contributed by atoms with Crippen molar-refractivity contribution in [3.8, 4) is 5.75 Å². The SMILES string of the molecule is COc1ccc(CN(C(=O)Cc2ccccc2)[C@H](C(=O)NCCCO)c2ccccc2)cc1. The molecule has 1 atom stereocenters. The van der Waals surface area contributed by atoms with Crippen molar-refractivity contribution in [2.75, 3.05) is 20.3 Å². The van der Waals surface area contributed by atoms with Gasteiger partial charge < -0.3 is 20.1 Å². The van der Waals surface area contributed by atoms with Crippen LogP contribution in [0.5, 0.6) is 5.75 Å². The van der Waals surface area contributed by atoms with Crippen LogP contribution in [0.3, 0.4) is 0 Å². The third-order valence-corrected chi connectivity index (χ3v) is 5.34. The zero-order valence-corrected chi connectivity index (χ0v) is 18.8. The molecule has 0 fully saturated rings. The highest BCUT2D eigenvalue weighted by Gasteiger charge is 2.31. The summed E-state index contributed by atoms with van der Waals surface area (Å²) >= 11 is 0. The Bertz CT molecular complexity index is 1010. The number of nitrogens with zero attached hydrogens (tertiary/aromatic N) is 1. The van der Waals surface area contributed by atoms with Crippen LogP contribution in [0.1, 0.15) is 29.2 Å². The van der Waals surface area contributed by atoms with Crippen molar-refractivity contribution in [2.24, 2.45) is 0 Å². The third-order valence-electron chi connectivity index (χ3n) is 5.34. The summed E-state index contributed by atoms with van der Waals surface area (Å²) in [4.78, 5) is 28.5. The van der Waals surface area contributed by atoms with Gasteiger partial charge >= 0.3 is 0 Å². The fraction of sp³-hybridized carbons (Fsp3) is 0.259. The molecule has 0 heterocycles. The molecular formula is C27H30N2O4. The average molecular weight is 447 g/mol. The van der Waals surface area contributed by atoms with Gasteiger partial charge in [0.1, 0.15) is 11.8 Å². The molecule has 3 rings (SSSR count). The van der Waals surface area contributed by atoms with Gasteiger partial charge in [-0.05, 0) is 35.2 Å². The monoisotopic (exact) mass is 446 g/mol. The Morgan fingerprint density at radius 3 is 2.15 bits per heavy atom. The number of aliphatic hydroxyl groups excluding tert-OH is 1. The lowest BCUT2D eigenvalue weighted by Crippen LogP contribution is -2.44. The Morgan fingerprint density at radius 2 is 1.55 bits per heavy atom. The number of rotatable bonds is 11. The fourth-order valence-corrected chi connectivity index (χ4v) is 3.62. The lowest BCUT2D eigenvalue weighted by atomic mass is 10.0. The number of carbonyl (C=O) groups is 2. The number of carbonyl (C=O) groups excluding carboxylic acids is 2. The van der Waals surface area contributed by atoms with E-state index in [2.05, 4.69) is 5.32 Å². The van der Waals surface area contributed by atoms with Crippen LogP contribution in [-0.4, -0.2) is 42.1 Å². The number of methoxy groups -OCH3 is 1. The van der Waals surface area contributed by atoms with Crippen LogP contribution in [0.15, 0.2) is 84.9 Å². The summed E-state index contributed by atoms with van der Waals surface area (Å²) in [6.45, 7) is 0.587. The second-order valence-electron chi connectivity index (χ2n) is 7.71. The predicted octanol–water partition coefficient (Wildman–Crippen LogP) is 3.51. The van der Waals surface area contributed by atoms with Crippen molar-refractivity contribution in [3.63, 3.8) is 0 Å². The zero-order valence-electron chi connectivity index (χ0n) is 18.8. The second kappa shape index (κ2) is 12.4. The highest BCUT2D eigenvalue weighted by Crippen LogP contribution is 2.25. The van der Waals surface area contributed by atoms with Crippen molar-refractivity contribution in [2.45, 2.75) is 25.4 Å². The molecule has 6 nitrogen and oxygen atoms in total. The van der Waals surface area contributed by atoms with Gasteiger partial charge in [-0.2, -0.15) is 0 Å². The molecule has 0 aromatic heterocycles. The minimum atomic E-state index is -0.803. The first-order chi connectivity index (χ1) is 16.1. The van der Waals surface area contributed by atoms with Gasteiger partial charge in [0.2, 0.25) is 11.8 Å². The van der Waals surface area contributed by atoms with Gasteiger partial charge in [0, 0.05) is 19.7 Å². The van der Waals surface area contributed by atoms with Crippen LogP contribution < -0.4 is 10.1 Å². The molecule has 2 amide bonds. The molecule has 172 valence electrons. The van der Waals surface area contributed by atoms with Crippen molar-refractivity contribution in [1.29, 1.82) is 0 Å². The Kier molecular flexibility index (Phi) is 9.03. The normalized spacial score (nSPS) is 11.5. The van der Waals surface area contributed by atoms with Crippen molar-refractivity contribution in [1.82, 2.24) is 10.2 Å². The van der Waals surface area contributed by atoms with E-state index >= 15 is 0 Å². The van der Waals surface area contributed by atoms with E-state index in [0.29, 0.717) is 13.0 Å². The number of benzene rings is 3. The molecule has 0 spiro atoms. The van der Waals surface area contributed by atoms with Crippen LogP contribution in [-0.2, 0) is 22.6 Å². The van der Waals surface area contributed by atoms with Crippen LogP contribution >= 0.6 is 0 Å². The highest BCUT2D eigenvalue weighted by atomic mass is 16.5. The first-order valence-corrected chi connectivity index (χ1v) is 11.0. The van der Waals surface area contributed by atoms with Gasteiger partial charge in [0.15, 0.2) is 0 Å². The van der Waals surface area contributed by atoms with Crippen molar-refractivity contribution < 1.29 is 19.4 Å². The number of ether oxygens (including phenoxy) is 1. The van der Waals surface area contributed by atoms with E-state index in [4.69, 9.17) is 9.84 Å². The summed E-state index contributed by atoms with van der Waals surface area (Å²) in [5.41, 5.74) is 2.50. The molecule has 0 aliphatic rings. The number of amides is 2. The van der Waals surface area contributed by atoms with Gasteiger partial charge in [0.25, 0.3) is 0 Å². The molecule has 0 aliphatic carbocycles. The third kappa shape index (κ3) is 6.92. The van der Waals surface area contributed by atoms with Crippen molar-refractivity contribution in [3.05, 3.63) is 102 Å². The van der Waals surface area contributed by atoms with E-state index in [0.717, 1.165) is 22.4 Å². The molecule has 3 aromatic carbocycles. The minimum absolute atomic E-state index is 0.0151. The van der Waals surface area contributed by atoms with E-state index in [9.17, 15) is 9.59 Å². The average Bonchev–Trinajstić information content (AvgIpc) is 2.85. The van der Waals surface area contributed by atoms with Crippen LogP contribution in [0, 0.1) is 0 Å². The molecule has 0 unspecified atom stereocenters. The van der Waals surface area contributed by atoms with Gasteiger partial charge in [-0.1, -0.05) is 72.8 Å². The molecule has 0 bridgehead atoms. The smallest absolute Gasteiger partial charge is 0.247 e. The van der Waals surface area contributed by atoms with Crippen LogP contribution in [0.4, 0.5) is 0 Å². The summed E-state index contributed by atoms with van der Waals surface area (Å²) in [7, 11) is 1.60. The van der Waals surface area contributed by atoms with E-state index in [1.165, 1.54) is 0 Å². The number of hydrogen-bond donors (Lipinski definition) is 2. The standard InChI is InChI=1S/C27H30N2O4/c1-33-24-15-13-22(14-16-24)20-29(25(31)19-21-9-4-2-5-10-21)26(23-11-6-3-7-12-23)27(32)28-17-8-18-30/h2-7,9-16,26,30H,8,17-20H2,1H3,(H,28,32)/t26-/m0/s1. The Balaban J connectivity index is 1.95. The van der Waals surface area contributed by atoms with Crippen LogP contribution in [0.25, 0.3) is 0 Å². The zero-order chi connectivity index (χ0) is 23.5. The van der Waals surface area contributed by atoms with Gasteiger partial charge in [-0.15, -0.1) is 0 Å². The minimum Gasteiger partial charge on any atom is -0.497 e. The second-order valence-corrected chi connectivity index (χ2v) is 7.71. The summed E-state index contributed by atoms with van der Waals surface area (Å²) in [5, 5.41) is 12.0. The molecule has 2 N–H and O–H groups in total. The molecule has 3 aromatic rings. The maximum Gasteiger partial charge on any atom is 0.247 e. The van der Waals surface area contributed by atoms with E-state index in [-0.39, 0.29) is 31.4 Å². The molecule has 33 heavy (non-hydrogen) atoms. The molecule has 0 saturated carbocycles. The summed E-state index contributed by atoms with van der Waals surface area (Å²) < 4.78 is 5.25. The number of aliphatic hydroxyl groups is 1. The lowest BCUT2D eigenvalue weighted by Gasteiger charge is -2.32. The fourth-order valence-electron chi connectivity index (χ4n) is 3.62. The number of hydrogen-bond acceptors (Lipinski definition) is 4. The number of nitrogens with one attached hydrogen (secondary N) is 1. The first kappa shape index (κ1) is 24.0. The predicted molar refractivity (Wildman–Crippen MR) is 128 cm³/mol. The summed E-state index contributed by atoms with van der Waals surface area (Å²) in [5.74, 6) is 0.301. The largest absolute Gasteiger partial charge is 0.497 e. The molecular weight excluding hydrogens is 416 g/mol. The molecule has 0 aliphatic heterocycles. The lowest BCUT2D eigenvalue weighted by molar-refractivity contribution is -0.141. The molecule has 0 radical (unpaired) electrons. The Morgan fingerprint density at radius 1 is 0.909 bits per heavy atom. The van der Waals surface area contributed by atoms with E-state index < -0.39 is 6.04 Å². The van der Waals surface area contributed by atoms with E-state index in [1.54, 1.807) is 12.0 Å². The quantitative estimate of drug-likeness (QED) is 0.442. The first-order valence-electron chi connectivity index (χ1n) is 11.0. The van der Waals surface area contributed by atoms with Crippen molar-refractivity contribution >= 4 is 11.8 Å². The molecule has 6 heteroatoms. The van der Waals surface area contributed by atoms with Gasteiger partial charge in [-0.25, -0.2) is 0 Å². The maximum atomic E-state index is 13.6. The van der Waals surface area contributed by atoms with E-state index in [1.807, 2.05) is 84.9 Å². The van der Waals surface area contributed by atoms with Crippen LogP contribution in [0.2, 0.25) is 0 Å². The summed E-state index contributed by atoms with van der Waals surface area (Å²) in [6.07, 6.45) is 0.633. The summed E-state index contributed by atoms with van der Waals surface area (Å²) in [6, 6.07) is 25.5. The Hall–Kier alpha value is -3.64. The van der Waals surface area contributed by atoms with Gasteiger partial charge in [-0.3, -0.25) is 9.59 Å². The molecule has 0 saturated heterocycles. The maximum absolute atomic E-state index is 13.6. The van der Waals surface area contributed by atoms with Gasteiger partial charge in [0.05, 0.1) is 13.5 Å². The topological polar surface area (TPSA) is 78.9 Å². The highest BCUT2D eigenvalue weighted by molar-refractivity contribution is 5.89. The Labute approximate surface area is 194 Å².